The van der Waals surface area contributed by atoms with Crippen LogP contribution in [0, 0.1) is 6.92 Å². The van der Waals surface area contributed by atoms with Gasteiger partial charge in [-0.3, -0.25) is 4.79 Å². The van der Waals surface area contributed by atoms with Crippen LogP contribution in [0.25, 0.3) is 0 Å². The molecule has 0 radical (unpaired) electrons. The molecule has 0 saturated heterocycles. The zero-order valence-corrected chi connectivity index (χ0v) is 16.9. The van der Waals surface area contributed by atoms with E-state index in [2.05, 4.69) is 0 Å². The first-order valence-corrected chi connectivity index (χ1v) is 9.89. The topological polar surface area (TPSA) is 26.3 Å². The zero-order chi connectivity index (χ0) is 22.8. The van der Waals surface area contributed by atoms with Crippen LogP contribution in [0.5, 0.6) is 11.5 Å². The molecule has 3 aromatic rings. The van der Waals surface area contributed by atoms with Gasteiger partial charge in [0.15, 0.2) is 5.52 Å². The molecule has 0 saturated carbocycles. The average Bonchev–Trinajstić information content (AvgIpc) is 2.69. The molecule has 0 aromatic heterocycles. The highest BCUT2D eigenvalue weighted by Crippen LogP contribution is 2.41. The lowest BCUT2D eigenvalue weighted by molar-refractivity contribution is -0.143. The third-order valence-corrected chi connectivity index (χ3v) is 5.63. The number of benzene rings is 3. The third-order valence-electron chi connectivity index (χ3n) is 4.33. The van der Waals surface area contributed by atoms with Crippen molar-refractivity contribution in [3.05, 3.63) is 89.0 Å². The Bertz CT molecular complexity index is 1060. The van der Waals surface area contributed by atoms with Crippen LogP contribution < -0.4 is 10.0 Å². The van der Waals surface area contributed by atoms with Crippen molar-refractivity contribution in [2.24, 2.45) is 0 Å². The first-order chi connectivity index (χ1) is 14.5. The Morgan fingerprint density at radius 3 is 1.87 bits per heavy atom. The lowest BCUT2D eigenvalue weighted by atomic mass is 10.0. The van der Waals surface area contributed by atoms with Crippen LogP contribution in [0.4, 0.5) is 26.3 Å². The molecule has 0 spiro atoms. The van der Waals surface area contributed by atoms with Crippen molar-refractivity contribution in [3.63, 3.8) is 0 Å². The molecule has 162 valence electrons. The van der Waals surface area contributed by atoms with Crippen molar-refractivity contribution in [3.8, 4) is 11.5 Å². The monoisotopic (exact) mass is 456 g/mol. The molecule has 0 bridgehead atoms. The van der Waals surface area contributed by atoms with Gasteiger partial charge in [0.25, 0.3) is 0 Å². The summed E-state index contributed by atoms with van der Waals surface area (Å²) in [5, 5.41) is 0.329. The maximum Gasteiger partial charge on any atom is 0.417 e. The second-order valence-electron chi connectivity index (χ2n) is 6.57. The molecule has 1 unspecified atom stereocenters. The van der Waals surface area contributed by atoms with Crippen LogP contribution in [-0.2, 0) is 12.4 Å². The Morgan fingerprint density at radius 2 is 1.35 bits per heavy atom. The summed E-state index contributed by atoms with van der Waals surface area (Å²) < 4.78 is 85.6. The van der Waals surface area contributed by atoms with E-state index >= 15 is 0 Å². The summed E-state index contributed by atoms with van der Waals surface area (Å²) >= 11 is 0. The van der Waals surface area contributed by atoms with Crippen LogP contribution >= 0.6 is 8.58 Å². The summed E-state index contributed by atoms with van der Waals surface area (Å²) in [6.07, 6.45) is -10.2. The molecule has 0 aliphatic rings. The molecule has 0 amide bonds. The molecule has 0 N–H and O–H groups in total. The number of para-hydroxylation sites is 1. The van der Waals surface area contributed by atoms with Crippen molar-refractivity contribution in [2.75, 3.05) is 0 Å². The number of rotatable bonds is 5. The highest BCUT2D eigenvalue weighted by Gasteiger charge is 2.42. The molecule has 2 nitrogen and oxygen atoms in total. The van der Waals surface area contributed by atoms with E-state index in [4.69, 9.17) is 4.74 Å². The van der Waals surface area contributed by atoms with Crippen molar-refractivity contribution < 1.29 is 35.9 Å². The molecule has 0 aliphatic heterocycles. The third kappa shape index (κ3) is 5.44. The Hall–Kier alpha value is -2.86. The van der Waals surface area contributed by atoms with Crippen LogP contribution in [-0.4, -0.2) is 5.52 Å². The van der Waals surface area contributed by atoms with Gasteiger partial charge < -0.3 is 4.74 Å². The summed E-state index contributed by atoms with van der Waals surface area (Å²) in [6.45, 7) is 1.60. The highest BCUT2D eigenvalue weighted by molar-refractivity contribution is 7.66. The fourth-order valence-corrected chi connectivity index (χ4v) is 3.99. The molecule has 3 rings (SSSR count). The lowest BCUT2D eigenvalue weighted by Gasteiger charge is -2.18. The van der Waals surface area contributed by atoms with Crippen LogP contribution in [0.3, 0.4) is 0 Å². The predicted molar refractivity (Wildman–Crippen MR) is 106 cm³/mol. The molecule has 0 fully saturated rings. The standard InChI is InChI=1S/C22H15F6O2P/c1-13-12-15(30-14-6-3-2-4-7-14)10-11-18(13)31-20(29)19-16(21(23,24)25)8-5-9-17(19)22(26,27)28/h2-12,31H,1H3. The maximum atomic E-state index is 13.3. The number of ether oxygens (including phenoxy) is 1. The molecule has 3 aromatic carbocycles. The van der Waals surface area contributed by atoms with E-state index in [1.165, 1.54) is 12.1 Å². The molecule has 31 heavy (non-hydrogen) atoms. The number of hydrogen-bond acceptors (Lipinski definition) is 2. The van der Waals surface area contributed by atoms with Crippen molar-refractivity contribution in [2.45, 2.75) is 19.3 Å². The summed E-state index contributed by atoms with van der Waals surface area (Å²) in [5.41, 5.74) is -5.27. The molecular weight excluding hydrogens is 441 g/mol. The first-order valence-electron chi connectivity index (χ1n) is 8.89. The normalized spacial score (nSPS) is 12.4. The summed E-state index contributed by atoms with van der Waals surface area (Å²) in [5.74, 6) is 0.985. The Balaban J connectivity index is 1.93. The van der Waals surface area contributed by atoms with Crippen LogP contribution in [0.1, 0.15) is 27.0 Å². The minimum atomic E-state index is -5.10. The molecular formula is C22H15F6O2P. The van der Waals surface area contributed by atoms with Gasteiger partial charge in [-0.1, -0.05) is 30.3 Å². The maximum absolute atomic E-state index is 13.3. The van der Waals surface area contributed by atoms with E-state index in [1.54, 1.807) is 37.3 Å². The first kappa shape index (κ1) is 22.8. The summed E-state index contributed by atoms with van der Waals surface area (Å²) in [6, 6.07) is 15.0. The number of hydrogen-bond donors (Lipinski definition) is 0. The van der Waals surface area contributed by atoms with Crippen molar-refractivity contribution in [1.82, 2.24) is 0 Å². The second kappa shape index (κ2) is 8.71. The van der Waals surface area contributed by atoms with E-state index < -0.39 is 43.1 Å². The van der Waals surface area contributed by atoms with Gasteiger partial charge in [-0.05, 0) is 62.8 Å². The Labute approximate surface area is 175 Å². The summed E-state index contributed by atoms with van der Waals surface area (Å²) in [4.78, 5) is 12.7. The van der Waals surface area contributed by atoms with Gasteiger partial charge >= 0.3 is 12.4 Å². The van der Waals surface area contributed by atoms with Gasteiger partial charge in [0.05, 0.1) is 11.1 Å². The van der Waals surface area contributed by atoms with Gasteiger partial charge in [0.2, 0.25) is 0 Å². The van der Waals surface area contributed by atoms with E-state index in [0.717, 1.165) is 0 Å². The van der Waals surface area contributed by atoms with E-state index in [-0.39, 0.29) is 0 Å². The largest absolute Gasteiger partial charge is 0.457 e. The average molecular weight is 456 g/mol. The smallest absolute Gasteiger partial charge is 0.417 e. The van der Waals surface area contributed by atoms with Gasteiger partial charge in [0, 0.05) is 5.56 Å². The fourth-order valence-electron chi connectivity index (χ4n) is 2.92. The van der Waals surface area contributed by atoms with E-state index in [1.807, 2.05) is 6.07 Å². The number of alkyl halides is 6. The molecule has 1 atom stereocenters. The lowest BCUT2D eigenvalue weighted by Crippen LogP contribution is -2.19. The SMILES string of the molecule is Cc1cc(Oc2ccccc2)ccc1PC(=O)c1c(C(F)(F)F)cccc1C(F)(F)F. The molecule has 0 aliphatic carbocycles. The van der Waals surface area contributed by atoms with Crippen LogP contribution in [0.2, 0.25) is 0 Å². The Kier molecular flexibility index (Phi) is 6.41. The quantitative estimate of drug-likeness (QED) is 0.306. The minimum Gasteiger partial charge on any atom is -0.457 e. The minimum absolute atomic E-state index is 0.329. The zero-order valence-electron chi connectivity index (χ0n) is 15.9. The number of carbonyl (C=O) groups excluding carboxylic acids is 1. The van der Waals surface area contributed by atoms with Crippen molar-refractivity contribution in [1.29, 1.82) is 0 Å². The van der Waals surface area contributed by atoms with Gasteiger partial charge in [0.1, 0.15) is 11.5 Å². The van der Waals surface area contributed by atoms with E-state index in [9.17, 15) is 31.1 Å². The number of carbonyl (C=O) groups is 1. The second-order valence-corrected chi connectivity index (χ2v) is 7.81. The van der Waals surface area contributed by atoms with E-state index in [0.29, 0.717) is 40.6 Å². The number of halogens is 6. The molecule has 9 heteroatoms. The number of aryl methyl sites for hydroxylation is 1. The fraction of sp³-hybridized carbons (Fsp3) is 0.136. The van der Waals surface area contributed by atoms with Gasteiger partial charge in [-0.2, -0.15) is 26.3 Å². The highest BCUT2D eigenvalue weighted by atomic mass is 31.1. The van der Waals surface area contributed by atoms with Gasteiger partial charge in [-0.25, -0.2) is 0 Å². The van der Waals surface area contributed by atoms with Gasteiger partial charge in [-0.15, -0.1) is 0 Å². The Morgan fingerprint density at radius 1 is 0.774 bits per heavy atom. The van der Waals surface area contributed by atoms with Crippen LogP contribution in [0.15, 0.2) is 66.7 Å². The molecule has 0 heterocycles. The predicted octanol–water partition coefficient (Wildman–Crippen LogP) is 6.97. The van der Waals surface area contributed by atoms with Crippen molar-refractivity contribution >= 4 is 19.4 Å². The summed E-state index contributed by atoms with van der Waals surface area (Å²) in [7, 11) is -0.925.